The molecule has 0 aromatic heterocycles. The Bertz CT molecular complexity index is 745. The fraction of sp³-hybridized carbons (Fsp3) is 0.133. The van der Waals surface area contributed by atoms with Crippen LogP contribution in [0.25, 0.3) is 0 Å². The van der Waals surface area contributed by atoms with Crippen LogP contribution in [0.3, 0.4) is 0 Å². The summed E-state index contributed by atoms with van der Waals surface area (Å²) in [5.74, 6) is -0.0931. The van der Waals surface area contributed by atoms with E-state index in [1.807, 2.05) is 6.92 Å². The lowest BCUT2D eigenvalue weighted by atomic mass is 10.1. The van der Waals surface area contributed by atoms with E-state index in [-0.39, 0.29) is 17.0 Å². The highest BCUT2D eigenvalue weighted by atomic mass is 35.5. The van der Waals surface area contributed by atoms with Crippen molar-refractivity contribution in [2.45, 2.75) is 6.92 Å². The zero-order chi connectivity index (χ0) is 16.3. The lowest BCUT2D eigenvalue weighted by Gasteiger charge is -2.10. The number of esters is 1. The lowest BCUT2D eigenvalue weighted by Crippen LogP contribution is -2.05. The Hall–Kier alpha value is -2.60. The minimum Gasteiger partial charge on any atom is -0.465 e. The fourth-order valence-electron chi connectivity index (χ4n) is 1.80. The van der Waals surface area contributed by atoms with Crippen molar-refractivity contribution in [1.82, 2.24) is 0 Å². The molecule has 0 unspecified atom stereocenters. The van der Waals surface area contributed by atoms with Crippen molar-refractivity contribution < 1.29 is 19.2 Å². The molecule has 6 nitrogen and oxygen atoms in total. The maximum atomic E-state index is 11.8. The number of methoxy groups -OCH3 is 1. The summed E-state index contributed by atoms with van der Waals surface area (Å²) in [7, 11) is 1.19. The van der Waals surface area contributed by atoms with Gasteiger partial charge in [0.15, 0.2) is 0 Å². The highest BCUT2D eigenvalue weighted by Gasteiger charge is 2.19. The van der Waals surface area contributed by atoms with Crippen molar-refractivity contribution >= 4 is 23.3 Å². The molecule has 0 heterocycles. The SMILES string of the molecule is COC(=O)c1cc([N+](=O)[O-])ccc1Oc1ccc(Cl)c(C)c1. The quantitative estimate of drug-likeness (QED) is 0.480. The lowest BCUT2D eigenvalue weighted by molar-refractivity contribution is -0.384. The van der Waals surface area contributed by atoms with Gasteiger partial charge in [-0.15, -0.1) is 0 Å². The van der Waals surface area contributed by atoms with Crippen LogP contribution in [0.2, 0.25) is 5.02 Å². The number of ether oxygens (including phenoxy) is 2. The highest BCUT2D eigenvalue weighted by molar-refractivity contribution is 6.31. The summed E-state index contributed by atoms with van der Waals surface area (Å²) in [6, 6.07) is 8.72. The first-order chi connectivity index (χ1) is 10.4. The molecule has 0 atom stereocenters. The Labute approximate surface area is 131 Å². The number of nitro benzene ring substituents is 1. The number of nitrogens with zero attached hydrogens (tertiary/aromatic N) is 1. The molecule has 7 heteroatoms. The molecule has 0 radical (unpaired) electrons. The predicted octanol–water partition coefficient (Wildman–Crippen LogP) is 4.14. The maximum absolute atomic E-state index is 11.8. The monoisotopic (exact) mass is 321 g/mol. The zero-order valence-corrected chi connectivity index (χ0v) is 12.6. The van der Waals surface area contributed by atoms with Crippen LogP contribution < -0.4 is 4.74 Å². The Morgan fingerprint density at radius 1 is 1.23 bits per heavy atom. The van der Waals surface area contributed by atoms with Crippen molar-refractivity contribution in [3.63, 3.8) is 0 Å². The minimum atomic E-state index is -0.718. The molecule has 2 aromatic carbocycles. The molecule has 0 saturated carbocycles. The van der Waals surface area contributed by atoms with Gasteiger partial charge in [0.05, 0.1) is 12.0 Å². The molecule has 0 aliphatic rings. The third-order valence-electron chi connectivity index (χ3n) is 2.94. The van der Waals surface area contributed by atoms with Crippen molar-refractivity contribution in [2.75, 3.05) is 7.11 Å². The first-order valence-electron chi connectivity index (χ1n) is 6.23. The standard InChI is InChI=1S/C15H12ClNO5/c1-9-7-11(4-5-13(9)16)22-14-6-3-10(17(19)20)8-12(14)15(18)21-2/h3-8H,1-2H3. The molecule has 0 bridgehead atoms. The van der Waals surface area contributed by atoms with E-state index in [0.29, 0.717) is 10.8 Å². The van der Waals surface area contributed by atoms with Gasteiger partial charge in [0.25, 0.3) is 5.69 Å². The number of halogens is 1. The van der Waals surface area contributed by atoms with Crippen molar-refractivity contribution in [1.29, 1.82) is 0 Å². The Morgan fingerprint density at radius 3 is 2.55 bits per heavy atom. The van der Waals surface area contributed by atoms with E-state index in [9.17, 15) is 14.9 Å². The molecule has 0 aliphatic carbocycles. The van der Waals surface area contributed by atoms with E-state index in [0.717, 1.165) is 11.6 Å². The number of aryl methyl sites for hydroxylation is 1. The Kier molecular flexibility index (Phi) is 4.62. The molecule has 0 N–H and O–H groups in total. The molecule has 2 rings (SSSR count). The topological polar surface area (TPSA) is 78.7 Å². The van der Waals surface area contributed by atoms with Gasteiger partial charge >= 0.3 is 5.97 Å². The van der Waals surface area contributed by atoms with E-state index in [1.54, 1.807) is 18.2 Å². The summed E-state index contributed by atoms with van der Waals surface area (Å²) >= 11 is 5.94. The smallest absolute Gasteiger partial charge is 0.341 e. The van der Waals surface area contributed by atoms with Gasteiger partial charge in [0, 0.05) is 17.2 Å². The van der Waals surface area contributed by atoms with E-state index in [4.69, 9.17) is 16.3 Å². The van der Waals surface area contributed by atoms with Gasteiger partial charge < -0.3 is 9.47 Å². The van der Waals surface area contributed by atoms with E-state index < -0.39 is 10.9 Å². The molecule has 0 saturated heterocycles. The molecule has 0 amide bonds. The average Bonchev–Trinajstić information content (AvgIpc) is 2.50. The number of hydrogen-bond acceptors (Lipinski definition) is 5. The average molecular weight is 322 g/mol. The molecule has 22 heavy (non-hydrogen) atoms. The molecular formula is C15H12ClNO5. The zero-order valence-electron chi connectivity index (χ0n) is 11.8. The first kappa shape index (κ1) is 15.8. The van der Waals surface area contributed by atoms with Crippen LogP contribution in [0, 0.1) is 17.0 Å². The molecule has 0 aliphatic heterocycles. The van der Waals surface area contributed by atoms with Crippen molar-refractivity contribution in [2.24, 2.45) is 0 Å². The van der Waals surface area contributed by atoms with Crippen LogP contribution in [0.5, 0.6) is 11.5 Å². The second-order valence-corrected chi connectivity index (χ2v) is 4.85. The molecule has 114 valence electrons. The first-order valence-corrected chi connectivity index (χ1v) is 6.61. The number of hydrogen-bond donors (Lipinski definition) is 0. The van der Waals surface area contributed by atoms with Gasteiger partial charge in [-0.05, 0) is 36.8 Å². The van der Waals surface area contributed by atoms with Gasteiger partial charge in [0.2, 0.25) is 0 Å². The number of benzene rings is 2. The van der Waals surface area contributed by atoms with Gasteiger partial charge in [0.1, 0.15) is 17.1 Å². The summed E-state index contributed by atoms with van der Waals surface area (Å²) in [5.41, 5.74) is 0.560. The normalized spacial score (nSPS) is 10.1. The van der Waals surface area contributed by atoms with Gasteiger partial charge in [-0.25, -0.2) is 4.79 Å². The third kappa shape index (κ3) is 3.35. The maximum Gasteiger partial charge on any atom is 0.341 e. The second kappa shape index (κ2) is 6.44. The van der Waals surface area contributed by atoms with E-state index in [1.165, 1.54) is 19.2 Å². The Morgan fingerprint density at radius 2 is 1.95 bits per heavy atom. The van der Waals surface area contributed by atoms with Crippen molar-refractivity contribution in [3.05, 3.63) is 62.7 Å². The van der Waals surface area contributed by atoms with Gasteiger partial charge in [-0.1, -0.05) is 11.6 Å². The number of nitro groups is 1. The highest BCUT2D eigenvalue weighted by Crippen LogP contribution is 2.31. The summed E-state index contributed by atoms with van der Waals surface area (Å²) in [5, 5.41) is 11.4. The summed E-state index contributed by atoms with van der Waals surface area (Å²) < 4.78 is 10.3. The van der Waals surface area contributed by atoms with Crippen LogP contribution in [0.1, 0.15) is 15.9 Å². The number of rotatable bonds is 4. The number of non-ortho nitro benzene ring substituents is 1. The molecular weight excluding hydrogens is 310 g/mol. The molecule has 0 spiro atoms. The number of carbonyl (C=O) groups excluding carboxylic acids is 1. The van der Waals surface area contributed by atoms with Crippen molar-refractivity contribution in [3.8, 4) is 11.5 Å². The Balaban J connectivity index is 2.42. The largest absolute Gasteiger partial charge is 0.465 e. The van der Waals surface area contributed by atoms with Crippen LogP contribution in [0.4, 0.5) is 5.69 Å². The van der Waals surface area contributed by atoms with Gasteiger partial charge in [-0.3, -0.25) is 10.1 Å². The molecule has 2 aromatic rings. The van der Waals surface area contributed by atoms with E-state index >= 15 is 0 Å². The van der Waals surface area contributed by atoms with Crippen LogP contribution in [-0.2, 0) is 4.74 Å². The third-order valence-corrected chi connectivity index (χ3v) is 3.36. The summed E-state index contributed by atoms with van der Waals surface area (Å²) in [6.45, 7) is 1.81. The fourth-order valence-corrected chi connectivity index (χ4v) is 1.92. The summed E-state index contributed by atoms with van der Waals surface area (Å²) in [6.07, 6.45) is 0. The van der Waals surface area contributed by atoms with Crippen LogP contribution in [-0.4, -0.2) is 18.0 Å². The summed E-state index contributed by atoms with van der Waals surface area (Å²) in [4.78, 5) is 22.0. The predicted molar refractivity (Wildman–Crippen MR) is 80.7 cm³/mol. The van der Waals surface area contributed by atoms with Gasteiger partial charge in [-0.2, -0.15) is 0 Å². The van der Waals surface area contributed by atoms with E-state index in [2.05, 4.69) is 4.74 Å². The minimum absolute atomic E-state index is 0.0238. The second-order valence-electron chi connectivity index (χ2n) is 4.44. The molecule has 0 fully saturated rings. The number of carbonyl (C=O) groups is 1. The van der Waals surface area contributed by atoms with Crippen LogP contribution >= 0.6 is 11.6 Å². The van der Waals surface area contributed by atoms with Crippen LogP contribution in [0.15, 0.2) is 36.4 Å².